The van der Waals surface area contributed by atoms with E-state index in [1.807, 2.05) is 20.8 Å². The van der Waals surface area contributed by atoms with Gasteiger partial charge in [0.25, 0.3) is 0 Å². The maximum Gasteiger partial charge on any atom is 0.243 e. The van der Waals surface area contributed by atoms with Crippen molar-refractivity contribution in [3.63, 3.8) is 0 Å². The number of nitrogens with one attached hydrogen (secondary N) is 1. The summed E-state index contributed by atoms with van der Waals surface area (Å²) in [5, 5.41) is 2.87. The monoisotopic (exact) mass is 322 g/mol. The molecule has 120 valence electrons. The lowest BCUT2D eigenvalue weighted by Crippen LogP contribution is -2.35. The second kappa shape index (κ2) is 5.06. The molecule has 3 rings (SSSR count). The van der Waals surface area contributed by atoms with E-state index in [1.165, 1.54) is 0 Å². The summed E-state index contributed by atoms with van der Waals surface area (Å²) in [7, 11) is -3.48. The van der Waals surface area contributed by atoms with Crippen molar-refractivity contribution in [3.05, 3.63) is 23.3 Å². The molecule has 1 amide bonds. The molecule has 1 fully saturated rings. The number of carbonyl (C=O) groups excluding carboxylic acids is 1. The molecule has 0 saturated carbocycles. The Morgan fingerprint density at radius 1 is 1.14 bits per heavy atom. The fourth-order valence-electron chi connectivity index (χ4n) is 3.21. The van der Waals surface area contributed by atoms with Gasteiger partial charge in [-0.25, -0.2) is 8.42 Å². The van der Waals surface area contributed by atoms with Crippen molar-refractivity contribution in [1.82, 2.24) is 4.31 Å². The third kappa shape index (κ3) is 2.25. The molecular formula is C16H22N2O3S. The summed E-state index contributed by atoms with van der Waals surface area (Å²) in [5.74, 6) is -0.0851. The summed E-state index contributed by atoms with van der Waals surface area (Å²) in [6.07, 6.45) is 2.91. The van der Waals surface area contributed by atoms with E-state index >= 15 is 0 Å². The van der Waals surface area contributed by atoms with Gasteiger partial charge in [0, 0.05) is 18.8 Å². The van der Waals surface area contributed by atoms with E-state index in [0.717, 1.165) is 36.1 Å². The average Bonchev–Trinajstić information content (AvgIpc) is 2.71. The van der Waals surface area contributed by atoms with Crippen molar-refractivity contribution in [1.29, 1.82) is 0 Å². The Bertz CT molecular complexity index is 732. The average molecular weight is 322 g/mol. The summed E-state index contributed by atoms with van der Waals surface area (Å²) < 4.78 is 27.3. The van der Waals surface area contributed by atoms with Gasteiger partial charge in [0.2, 0.25) is 15.9 Å². The predicted octanol–water partition coefficient (Wildman–Crippen LogP) is 2.40. The minimum absolute atomic E-state index is 0.0851. The third-order valence-electron chi connectivity index (χ3n) is 4.74. The van der Waals surface area contributed by atoms with Gasteiger partial charge in [-0.05, 0) is 56.9 Å². The SMILES string of the molecule is Cc1cc(S(=O)(=O)N2CCCCC2)cc2c1NC(=O)C2(C)C. The molecule has 0 bridgehead atoms. The van der Waals surface area contributed by atoms with Gasteiger partial charge in [-0.1, -0.05) is 6.42 Å². The lowest BCUT2D eigenvalue weighted by molar-refractivity contribution is -0.119. The van der Waals surface area contributed by atoms with Gasteiger partial charge in [-0.3, -0.25) is 4.79 Å². The minimum atomic E-state index is -3.48. The molecule has 2 aliphatic rings. The lowest BCUT2D eigenvalue weighted by atomic mass is 9.85. The van der Waals surface area contributed by atoms with Crippen molar-refractivity contribution in [2.45, 2.75) is 50.3 Å². The molecule has 0 aliphatic carbocycles. The van der Waals surface area contributed by atoms with E-state index in [4.69, 9.17) is 0 Å². The highest BCUT2D eigenvalue weighted by atomic mass is 32.2. The number of fused-ring (bicyclic) bond motifs is 1. The molecule has 0 aromatic heterocycles. The zero-order chi connectivity index (χ0) is 16.1. The van der Waals surface area contributed by atoms with Crippen molar-refractivity contribution in [2.75, 3.05) is 18.4 Å². The summed E-state index contributed by atoms with van der Waals surface area (Å²) in [5.41, 5.74) is 1.63. The van der Waals surface area contributed by atoms with Crippen LogP contribution in [0, 0.1) is 6.92 Å². The molecule has 0 radical (unpaired) electrons. The van der Waals surface area contributed by atoms with Crippen LogP contribution in [0.5, 0.6) is 0 Å². The molecule has 0 unspecified atom stereocenters. The summed E-state index contributed by atoms with van der Waals surface area (Å²) in [4.78, 5) is 12.4. The van der Waals surface area contributed by atoms with E-state index < -0.39 is 15.4 Å². The van der Waals surface area contributed by atoms with Crippen LogP contribution < -0.4 is 5.32 Å². The van der Waals surface area contributed by atoms with Crippen LogP contribution in [0.15, 0.2) is 17.0 Å². The van der Waals surface area contributed by atoms with Gasteiger partial charge in [-0.15, -0.1) is 0 Å². The molecule has 22 heavy (non-hydrogen) atoms. The molecule has 1 saturated heterocycles. The van der Waals surface area contributed by atoms with Crippen LogP contribution in [-0.4, -0.2) is 31.7 Å². The maximum absolute atomic E-state index is 12.9. The number of rotatable bonds is 2. The fourth-order valence-corrected chi connectivity index (χ4v) is 4.84. The fraction of sp³-hybridized carbons (Fsp3) is 0.562. The van der Waals surface area contributed by atoms with Gasteiger partial charge >= 0.3 is 0 Å². The topological polar surface area (TPSA) is 66.5 Å². The van der Waals surface area contributed by atoms with E-state index in [1.54, 1.807) is 16.4 Å². The molecule has 5 nitrogen and oxygen atoms in total. The summed E-state index contributed by atoms with van der Waals surface area (Å²) in [6, 6.07) is 3.34. The molecule has 1 N–H and O–H groups in total. The Balaban J connectivity index is 2.09. The highest BCUT2D eigenvalue weighted by molar-refractivity contribution is 7.89. The molecule has 6 heteroatoms. The normalized spacial score (nSPS) is 21.5. The third-order valence-corrected chi connectivity index (χ3v) is 6.62. The van der Waals surface area contributed by atoms with Crippen LogP contribution in [0.3, 0.4) is 0 Å². The first-order valence-corrected chi connectivity index (χ1v) is 9.15. The van der Waals surface area contributed by atoms with Crippen LogP contribution in [0.2, 0.25) is 0 Å². The Labute approximate surface area is 131 Å². The van der Waals surface area contributed by atoms with Gasteiger partial charge in [0.15, 0.2) is 0 Å². The van der Waals surface area contributed by atoms with E-state index in [-0.39, 0.29) is 5.91 Å². The Morgan fingerprint density at radius 3 is 2.41 bits per heavy atom. The van der Waals surface area contributed by atoms with Crippen molar-refractivity contribution < 1.29 is 13.2 Å². The van der Waals surface area contributed by atoms with Crippen LogP contribution in [0.4, 0.5) is 5.69 Å². The number of hydrogen-bond acceptors (Lipinski definition) is 3. The van der Waals surface area contributed by atoms with Crippen molar-refractivity contribution in [3.8, 4) is 0 Å². The highest BCUT2D eigenvalue weighted by Crippen LogP contribution is 2.41. The van der Waals surface area contributed by atoms with Gasteiger partial charge in [0.05, 0.1) is 10.3 Å². The van der Waals surface area contributed by atoms with Crippen molar-refractivity contribution in [2.24, 2.45) is 0 Å². The summed E-state index contributed by atoms with van der Waals surface area (Å²) in [6.45, 7) is 6.66. The zero-order valence-electron chi connectivity index (χ0n) is 13.3. The van der Waals surface area contributed by atoms with Crippen LogP contribution >= 0.6 is 0 Å². The first kappa shape index (κ1) is 15.5. The maximum atomic E-state index is 12.9. The van der Waals surface area contributed by atoms with E-state index in [9.17, 15) is 13.2 Å². The Kier molecular flexibility index (Phi) is 3.57. The number of nitrogens with zero attached hydrogens (tertiary/aromatic N) is 1. The Morgan fingerprint density at radius 2 is 1.77 bits per heavy atom. The lowest BCUT2D eigenvalue weighted by Gasteiger charge is -2.26. The highest BCUT2D eigenvalue weighted by Gasteiger charge is 2.40. The standard InChI is InChI=1S/C16H22N2O3S/c1-11-9-12(22(20,21)18-7-5-4-6-8-18)10-13-14(11)17-15(19)16(13,2)3/h9-10H,4-8H2,1-3H3,(H,17,19). The van der Waals surface area contributed by atoms with E-state index in [0.29, 0.717) is 18.0 Å². The smallest absolute Gasteiger partial charge is 0.243 e. The van der Waals surface area contributed by atoms with Crippen LogP contribution in [-0.2, 0) is 20.2 Å². The number of aryl methyl sites for hydroxylation is 1. The number of carbonyl (C=O) groups is 1. The number of hydrogen-bond donors (Lipinski definition) is 1. The number of anilines is 1. The van der Waals surface area contributed by atoms with Crippen LogP contribution in [0.1, 0.15) is 44.2 Å². The first-order valence-electron chi connectivity index (χ1n) is 7.71. The van der Waals surface area contributed by atoms with Gasteiger partial charge in [-0.2, -0.15) is 4.31 Å². The van der Waals surface area contributed by atoms with Gasteiger partial charge < -0.3 is 5.32 Å². The molecule has 1 aromatic rings. The van der Waals surface area contributed by atoms with Gasteiger partial charge in [0.1, 0.15) is 0 Å². The first-order chi connectivity index (χ1) is 10.2. The molecule has 0 atom stereocenters. The zero-order valence-corrected chi connectivity index (χ0v) is 14.1. The largest absolute Gasteiger partial charge is 0.325 e. The summed E-state index contributed by atoms with van der Waals surface area (Å²) >= 11 is 0. The number of piperidine rings is 1. The molecule has 2 aliphatic heterocycles. The second-order valence-corrected chi connectivity index (χ2v) is 8.64. The number of amides is 1. The minimum Gasteiger partial charge on any atom is -0.325 e. The van der Waals surface area contributed by atoms with E-state index in [2.05, 4.69) is 5.32 Å². The molecule has 0 spiro atoms. The Hall–Kier alpha value is -1.40. The quantitative estimate of drug-likeness (QED) is 0.909. The predicted molar refractivity (Wildman–Crippen MR) is 85.4 cm³/mol. The van der Waals surface area contributed by atoms with Crippen molar-refractivity contribution >= 4 is 21.6 Å². The number of benzene rings is 1. The molecule has 2 heterocycles. The second-order valence-electron chi connectivity index (χ2n) is 6.71. The molecule has 1 aromatic carbocycles. The number of sulfonamides is 1. The molecular weight excluding hydrogens is 300 g/mol. The van der Waals surface area contributed by atoms with Crippen LogP contribution in [0.25, 0.3) is 0 Å².